The van der Waals surface area contributed by atoms with Gasteiger partial charge in [0.05, 0.1) is 104 Å². The highest BCUT2D eigenvalue weighted by atomic mass is 35.5. The molecule has 2 saturated heterocycles. The molecule has 12 aromatic rings. The Labute approximate surface area is 808 Å². The number of aryl methyl sites for hydroxylation is 6. The fourth-order valence-corrected chi connectivity index (χ4v) is 22.1. The SMILES string of the molecule is CCC(C(=O)O)c1ccc(C2(NC(=O)c3cc4c(Cl)c(Cl)c(OC)cc4n3C)CCC2)cc1.COc1ccc2c(cc(C(=O)NC3(c4ccc(C(C(=O)O)C5CCC5)cc4)CCC3)n2C)c1Cl.Cc1ccc2c(cc(C(=O)NC3(c4ccc(C(C(=O)O)C5CC5)cc4)CCOC3)n2C)c1Cl.Cc1ccc2c(cc(C(=O)NC3(c4ccc(C(C(=O)O)C5CCCC5)cc4)CCOC3)n2C)c1Cl. The first-order valence-corrected chi connectivity index (χ1v) is 48.2. The molecule has 7 aliphatic rings. The number of nitrogens with one attached hydrogen (secondary N) is 4. The van der Waals surface area contributed by atoms with Gasteiger partial charge in [0.2, 0.25) is 0 Å². The van der Waals surface area contributed by atoms with E-state index in [0.29, 0.717) is 110 Å². The van der Waals surface area contributed by atoms with Gasteiger partial charge in [-0.05, 0) is 219 Å². The summed E-state index contributed by atoms with van der Waals surface area (Å²) >= 11 is 32.2. The van der Waals surface area contributed by atoms with Crippen LogP contribution in [0.3, 0.4) is 0 Å². The zero-order valence-electron chi connectivity index (χ0n) is 77.1. The summed E-state index contributed by atoms with van der Waals surface area (Å²) in [7, 11) is 10.5. The van der Waals surface area contributed by atoms with Gasteiger partial charge in [0.15, 0.2) is 0 Å². The van der Waals surface area contributed by atoms with Gasteiger partial charge in [-0.15, -0.1) is 0 Å². The number of fused-ring (bicyclic) bond motifs is 4. The van der Waals surface area contributed by atoms with Gasteiger partial charge < -0.3 is 78.9 Å². The summed E-state index contributed by atoms with van der Waals surface area (Å²) in [5.41, 5.74) is 12.3. The highest BCUT2D eigenvalue weighted by molar-refractivity contribution is 6.46. The lowest BCUT2D eigenvalue weighted by atomic mass is 9.70. The lowest BCUT2D eigenvalue weighted by Gasteiger charge is -2.43. The third-order valence-corrected chi connectivity index (χ3v) is 31.9. The monoisotopic (exact) mass is 1930 g/mol. The third-order valence-electron chi connectivity index (χ3n) is 29.7. The number of amides is 4. The Bertz CT molecular complexity index is 6560. The number of carboxylic acid groups (broad SMARTS) is 4. The molecule has 135 heavy (non-hydrogen) atoms. The van der Waals surface area contributed by atoms with E-state index in [9.17, 15) is 58.8 Å². The molecule has 6 heterocycles. The molecule has 0 radical (unpaired) electrons. The van der Waals surface area contributed by atoms with Crippen molar-refractivity contribution < 1.29 is 77.7 Å². The normalized spacial score (nSPS) is 19.2. The molecule has 6 unspecified atom stereocenters. The van der Waals surface area contributed by atoms with Crippen molar-refractivity contribution in [3.05, 3.63) is 267 Å². The molecular weight excluding hydrogens is 1820 g/mol. The number of aliphatic carboxylic acids is 4. The summed E-state index contributed by atoms with van der Waals surface area (Å²) in [5.74, 6) is -4.16. The number of hydrogen-bond acceptors (Lipinski definition) is 12. The minimum atomic E-state index is -0.830. The molecule has 8 N–H and O–H groups in total. The lowest BCUT2D eigenvalue weighted by Crippen LogP contribution is -2.51. The summed E-state index contributed by atoms with van der Waals surface area (Å²) < 4.78 is 29.4. The predicted molar refractivity (Wildman–Crippen MR) is 524 cm³/mol. The van der Waals surface area contributed by atoms with Gasteiger partial charge in [-0.3, -0.25) is 38.4 Å². The lowest BCUT2D eigenvalue weighted by molar-refractivity contribution is -0.141. The first kappa shape index (κ1) is 96.8. The van der Waals surface area contributed by atoms with Crippen LogP contribution < -0.4 is 30.7 Å². The van der Waals surface area contributed by atoms with Crippen LogP contribution in [0.1, 0.15) is 244 Å². The Kier molecular flexibility index (Phi) is 28.5. The van der Waals surface area contributed by atoms with Crippen molar-refractivity contribution in [2.45, 2.75) is 182 Å². The van der Waals surface area contributed by atoms with E-state index in [1.165, 1.54) is 7.11 Å². The molecule has 7 fully saturated rings. The fraction of sp³-hybridized carbons (Fsp3) is 0.396. The average molecular weight is 1930 g/mol. The maximum atomic E-state index is 13.5. The number of carbonyl (C=O) groups is 8. The number of carbonyl (C=O) groups excluding carboxylic acids is 4. The molecule has 708 valence electrons. The number of rotatable bonds is 26. The van der Waals surface area contributed by atoms with E-state index in [4.69, 9.17) is 77.0 Å². The minimum Gasteiger partial charge on any atom is -0.495 e. The standard InChI is InChI=1S/C28H31ClN2O4.C27H29ClN2O4.C26H27ClN2O4.C25H26Cl2N2O4/c1-17-7-12-22-21(25(17)29)15-23(31(22)2)26(32)30-28(13-14-35-16-28)20-10-8-19(9-11-20)24(27(33)34)18-5-3-4-6-18;1-30-20-11-12-22(34-2)24(28)19(20)15-21(30)25(31)29-27(13-4-14-27)18-9-7-17(8-10-18)23(26(32)33)16-5-3-6-16;1-15-3-10-20-19(23(15)27)13-21(29(20)2)24(30)28-26(11-12-33-14-26)18-8-6-17(7-9-18)22(25(31)32)16-4-5-16;1-4-16(24(31)32)14-6-8-15(9-7-14)25(10-5-11-25)28-23(30)19-12-17-18(29(19)2)13-20(33-3)22(27)21(17)26/h7-12,15,18,24H,3-6,13-14,16H2,1-2H3,(H,30,32)(H,33,34);7-12,15-16,23H,3-6,13-14H2,1-2H3,(H,29,31)(H,32,33);3,6-10,13,16,22H,4-5,11-12,14H2,1-2H3,(H,28,30)(H,31,32);6-9,12-13,16H,4-5,10-11H2,1-3H3,(H,28,30)(H,31,32). The van der Waals surface area contributed by atoms with Gasteiger partial charge in [0.1, 0.15) is 39.3 Å². The van der Waals surface area contributed by atoms with Crippen molar-refractivity contribution in [1.29, 1.82) is 0 Å². The highest BCUT2D eigenvalue weighted by Crippen LogP contribution is 2.50. The number of methoxy groups -OCH3 is 2. The maximum Gasteiger partial charge on any atom is 0.311 e. The Morgan fingerprint density at radius 3 is 0.985 bits per heavy atom. The highest BCUT2D eigenvalue weighted by Gasteiger charge is 2.47. The Morgan fingerprint density at radius 2 is 0.681 bits per heavy atom. The zero-order valence-corrected chi connectivity index (χ0v) is 80.8. The molecule has 5 saturated carbocycles. The Morgan fingerprint density at radius 1 is 0.363 bits per heavy atom. The van der Waals surface area contributed by atoms with Crippen LogP contribution in [-0.2, 0) is 79.0 Å². The maximum absolute atomic E-state index is 13.5. The van der Waals surface area contributed by atoms with E-state index in [0.717, 1.165) is 190 Å². The summed E-state index contributed by atoms with van der Waals surface area (Å²) in [5, 5.41) is 57.3. The molecule has 29 heteroatoms. The molecule has 8 aromatic carbocycles. The molecule has 6 atom stereocenters. The fourth-order valence-electron chi connectivity index (χ4n) is 20.9. The van der Waals surface area contributed by atoms with Crippen molar-refractivity contribution in [1.82, 2.24) is 39.5 Å². The second-order valence-electron chi connectivity index (χ2n) is 37.5. The van der Waals surface area contributed by atoms with Gasteiger partial charge >= 0.3 is 23.9 Å². The van der Waals surface area contributed by atoms with Crippen molar-refractivity contribution in [3.63, 3.8) is 0 Å². The summed E-state index contributed by atoms with van der Waals surface area (Å²) in [6.07, 6.45) is 16.3. The largest absolute Gasteiger partial charge is 0.495 e. The number of nitrogens with zero attached hydrogens (tertiary/aromatic N) is 4. The van der Waals surface area contributed by atoms with Gasteiger partial charge in [0.25, 0.3) is 23.6 Å². The van der Waals surface area contributed by atoms with Crippen LogP contribution in [-0.4, -0.2) is 127 Å². The van der Waals surface area contributed by atoms with E-state index >= 15 is 0 Å². The number of aromatic nitrogens is 4. The molecule has 2 aliphatic heterocycles. The van der Waals surface area contributed by atoms with Gasteiger partial charge in [-0.2, -0.15) is 0 Å². The van der Waals surface area contributed by atoms with Gasteiger partial charge in [0, 0.05) is 92.9 Å². The van der Waals surface area contributed by atoms with Crippen LogP contribution in [0.5, 0.6) is 11.5 Å². The van der Waals surface area contributed by atoms with E-state index in [-0.39, 0.29) is 41.4 Å². The van der Waals surface area contributed by atoms with Crippen molar-refractivity contribution in [2.24, 2.45) is 45.9 Å². The Hall–Kier alpha value is -11.4. The molecule has 4 aromatic heterocycles. The van der Waals surface area contributed by atoms with Crippen LogP contribution in [0.2, 0.25) is 25.1 Å². The van der Waals surface area contributed by atoms with Crippen LogP contribution in [0.15, 0.2) is 164 Å². The minimum absolute atomic E-state index is 0.157. The molecule has 19 rings (SSSR count). The van der Waals surface area contributed by atoms with Crippen molar-refractivity contribution in [2.75, 3.05) is 40.6 Å². The first-order chi connectivity index (χ1) is 64.7. The molecule has 0 spiro atoms. The molecular formula is C106H113Cl5N8O16. The van der Waals surface area contributed by atoms with Crippen LogP contribution in [0.4, 0.5) is 0 Å². The van der Waals surface area contributed by atoms with E-state index in [1.54, 1.807) is 43.0 Å². The quantitative estimate of drug-likeness (QED) is 0.0250. The second-order valence-corrected chi connectivity index (χ2v) is 39.4. The average Bonchev–Trinajstić information content (AvgIpc) is 1.50. The molecule has 0 bridgehead atoms. The van der Waals surface area contributed by atoms with Gasteiger partial charge in [-0.1, -0.05) is 193 Å². The van der Waals surface area contributed by atoms with Gasteiger partial charge in [-0.25, -0.2) is 0 Å². The number of halogens is 5. The summed E-state index contributed by atoms with van der Waals surface area (Å²) in [6, 6.07) is 51.4. The van der Waals surface area contributed by atoms with Crippen molar-refractivity contribution >= 4 is 149 Å². The number of carboxylic acids is 4. The summed E-state index contributed by atoms with van der Waals surface area (Å²) in [6.45, 7) is 7.58. The van der Waals surface area contributed by atoms with Crippen LogP contribution in [0, 0.1) is 31.6 Å². The smallest absolute Gasteiger partial charge is 0.311 e. The van der Waals surface area contributed by atoms with E-state index in [1.807, 2.05) is 195 Å². The molecule has 5 aliphatic carbocycles. The van der Waals surface area contributed by atoms with Crippen LogP contribution in [0.25, 0.3) is 43.6 Å². The second kappa shape index (κ2) is 39.8. The van der Waals surface area contributed by atoms with Crippen molar-refractivity contribution in [3.8, 4) is 11.5 Å². The zero-order chi connectivity index (χ0) is 96.0. The van der Waals surface area contributed by atoms with E-state index in [2.05, 4.69) is 21.3 Å². The third kappa shape index (κ3) is 18.9. The molecule has 24 nitrogen and oxygen atoms in total. The number of ether oxygens (including phenoxy) is 4. The number of hydrogen-bond donors (Lipinski definition) is 8. The number of benzene rings is 8. The molecule has 4 amide bonds. The van der Waals surface area contributed by atoms with Crippen LogP contribution >= 0.6 is 58.0 Å². The summed E-state index contributed by atoms with van der Waals surface area (Å²) in [4.78, 5) is 101. The topological polar surface area (TPSA) is 322 Å². The first-order valence-electron chi connectivity index (χ1n) is 46.3. The Balaban J connectivity index is 0.000000131. The van der Waals surface area contributed by atoms with E-state index < -0.39 is 69.7 Å². The predicted octanol–water partition coefficient (Wildman–Crippen LogP) is 21.8.